The molecule has 5 nitrogen and oxygen atoms in total. The van der Waals surface area contributed by atoms with Crippen LogP contribution in [0.4, 0.5) is 11.4 Å². The van der Waals surface area contributed by atoms with Crippen LogP contribution in [-0.4, -0.2) is 17.4 Å². The lowest BCUT2D eigenvalue weighted by Crippen LogP contribution is -2.60. The summed E-state index contributed by atoms with van der Waals surface area (Å²) in [5.74, 6) is -0.329. The van der Waals surface area contributed by atoms with Crippen LogP contribution in [0, 0.1) is 0 Å². The van der Waals surface area contributed by atoms with E-state index in [0.717, 1.165) is 16.8 Å². The molecule has 2 aromatic carbocycles. The monoisotopic (exact) mass is 372 g/mol. The van der Waals surface area contributed by atoms with Crippen molar-refractivity contribution in [3.05, 3.63) is 79.1 Å². The number of benzene rings is 2. The molecule has 28 heavy (non-hydrogen) atoms. The first-order valence-corrected chi connectivity index (χ1v) is 9.25. The highest BCUT2D eigenvalue weighted by molar-refractivity contribution is 6.13. The zero-order valence-electron chi connectivity index (χ0n) is 15.9. The van der Waals surface area contributed by atoms with E-state index in [1.807, 2.05) is 83.7 Å². The normalized spacial score (nSPS) is 14.9. The smallest absolute Gasteiger partial charge is 0.293 e. The van der Waals surface area contributed by atoms with Crippen molar-refractivity contribution in [2.24, 2.45) is 0 Å². The molecule has 1 aliphatic rings. The summed E-state index contributed by atoms with van der Waals surface area (Å²) in [5, 5.41) is 2.89. The van der Waals surface area contributed by atoms with Gasteiger partial charge in [0.15, 0.2) is 12.4 Å². The zero-order chi connectivity index (χ0) is 19.7. The molecule has 0 aliphatic carbocycles. The molecule has 140 valence electrons. The highest BCUT2D eigenvalue weighted by Gasteiger charge is 2.44. The molecule has 0 saturated carbocycles. The van der Waals surface area contributed by atoms with E-state index in [4.69, 9.17) is 0 Å². The number of fused-ring (bicyclic) bond motifs is 1. The van der Waals surface area contributed by atoms with Gasteiger partial charge in [0, 0.05) is 11.6 Å². The van der Waals surface area contributed by atoms with Gasteiger partial charge >= 0.3 is 0 Å². The molecule has 3 aromatic rings. The second kappa shape index (κ2) is 6.93. The maximum atomic E-state index is 13.3. The lowest BCUT2D eigenvalue weighted by atomic mass is 9.96. The van der Waals surface area contributed by atoms with Crippen LogP contribution in [0.1, 0.15) is 13.8 Å². The molecule has 2 amide bonds. The first kappa shape index (κ1) is 17.9. The van der Waals surface area contributed by atoms with Crippen molar-refractivity contribution in [3.8, 4) is 11.1 Å². The Bertz CT molecular complexity index is 1040. The van der Waals surface area contributed by atoms with Crippen LogP contribution in [0.3, 0.4) is 0 Å². The molecule has 0 saturated heterocycles. The fourth-order valence-electron chi connectivity index (χ4n) is 3.55. The molecule has 5 heteroatoms. The molecule has 0 radical (unpaired) electrons. The van der Waals surface area contributed by atoms with Crippen LogP contribution >= 0.6 is 0 Å². The lowest BCUT2D eigenvalue weighted by Gasteiger charge is -2.41. The number of carbonyl (C=O) groups is 2. The highest BCUT2D eigenvalue weighted by atomic mass is 16.2. The second-order valence-corrected chi connectivity index (χ2v) is 7.39. The number of carbonyl (C=O) groups excluding carboxylic acids is 2. The Morgan fingerprint density at radius 1 is 0.964 bits per heavy atom. The molecular weight excluding hydrogens is 350 g/mol. The first-order chi connectivity index (χ1) is 13.5. The molecule has 1 aliphatic heterocycles. The molecule has 1 N–H and O–H groups in total. The third-order valence-corrected chi connectivity index (χ3v) is 5.04. The number of hydrogen-bond donors (Lipinski definition) is 1. The molecule has 4 rings (SSSR count). The third-order valence-electron chi connectivity index (χ3n) is 5.04. The van der Waals surface area contributed by atoms with Crippen LogP contribution in [0.2, 0.25) is 0 Å². The fourth-order valence-corrected chi connectivity index (χ4v) is 3.55. The topological polar surface area (TPSA) is 53.3 Å². The summed E-state index contributed by atoms with van der Waals surface area (Å²) in [6.45, 7) is 3.67. The van der Waals surface area contributed by atoms with Crippen molar-refractivity contribution >= 4 is 23.2 Å². The van der Waals surface area contributed by atoms with Crippen molar-refractivity contribution in [1.29, 1.82) is 0 Å². The predicted octanol–water partition coefficient (Wildman–Crippen LogP) is 3.41. The quantitative estimate of drug-likeness (QED) is 0.717. The molecular formula is C23H22N3O2+. The van der Waals surface area contributed by atoms with E-state index < -0.39 is 5.54 Å². The Balaban J connectivity index is 1.66. The Labute approximate surface area is 164 Å². The molecule has 2 heterocycles. The number of anilines is 2. The molecule has 0 unspecified atom stereocenters. The number of nitrogens with zero attached hydrogens (tertiary/aromatic N) is 2. The van der Waals surface area contributed by atoms with E-state index in [1.165, 1.54) is 0 Å². The van der Waals surface area contributed by atoms with E-state index in [-0.39, 0.29) is 18.4 Å². The van der Waals surface area contributed by atoms with Gasteiger partial charge in [0.1, 0.15) is 5.54 Å². The molecule has 1 aromatic heterocycles. The second-order valence-electron chi connectivity index (χ2n) is 7.39. The standard InChI is InChI=1S/C23H21N3O2/c1-23(2)22(28)24-19-12-6-7-13-20(19)26(23)21(27)16-25-14-8-11-18(15-25)17-9-4-3-5-10-17/h3-15H,16H2,1-2H3/p+1. The largest absolute Gasteiger partial charge is 0.322 e. The summed E-state index contributed by atoms with van der Waals surface area (Å²) in [7, 11) is 0. The summed E-state index contributed by atoms with van der Waals surface area (Å²) < 4.78 is 1.86. The molecule has 0 spiro atoms. The van der Waals surface area contributed by atoms with Crippen LogP contribution in [0.15, 0.2) is 79.1 Å². The van der Waals surface area contributed by atoms with Crippen molar-refractivity contribution in [1.82, 2.24) is 0 Å². The van der Waals surface area contributed by atoms with Gasteiger partial charge in [-0.2, -0.15) is 4.57 Å². The third kappa shape index (κ3) is 3.16. The number of amides is 2. The van der Waals surface area contributed by atoms with Gasteiger partial charge in [-0.05, 0) is 37.6 Å². The maximum absolute atomic E-state index is 13.3. The van der Waals surface area contributed by atoms with E-state index in [9.17, 15) is 9.59 Å². The molecule has 0 bridgehead atoms. The number of aromatic nitrogens is 1. The molecule has 0 atom stereocenters. The SMILES string of the molecule is CC1(C)C(=O)Nc2ccccc2N1C(=O)C[n+]1cccc(-c2ccccc2)c1. The summed E-state index contributed by atoms with van der Waals surface area (Å²) in [4.78, 5) is 27.4. The van der Waals surface area contributed by atoms with Gasteiger partial charge in [0.25, 0.3) is 5.91 Å². The van der Waals surface area contributed by atoms with Gasteiger partial charge in [-0.1, -0.05) is 42.5 Å². The van der Waals surface area contributed by atoms with Gasteiger partial charge < -0.3 is 5.32 Å². The summed E-state index contributed by atoms with van der Waals surface area (Å²) in [5.41, 5.74) is 2.53. The van der Waals surface area contributed by atoms with E-state index in [2.05, 4.69) is 5.32 Å². The van der Waals surface area contributed by atoms with Crippen molar-refractivity contribution in [3.63, 3.8) is 0 Å². The number of para-hydroxylation sites is 2. The van der Waals surface area contributed by atoms with Gasteiger partial charge in [0.05, 0.1) is 11.4 Å². The van der Waals surface area contributed by atoms with E-state index in [0.29, 0.717) is 5.69 Å². The minimum Gasteiger partial charge on any atom is -0.322 e. The fraction of sp³-hybridized carbons (Fsp3) is 0.174. The summed E-state index contributed by atoms with van der Waals surface area (Å²) in [6, 6.07) is 21.4. The number of pyridine rings is 1. The van der Waals surface area contributed by atoms with Gasteiger partial charge in [-0.15, -0.1) is 0 Å². The van der Waals surface area contributed by atoms with Crippen molar-refractivity contribution in [2.45, 2.75) is 25.9 Å². The Morgan fingerprint density at radius 3 is 2.43 bits per heavy atom. The Hall–Kier alpha value is -3.47. The average Bonchev–Trinajstić information content (AvgIpc) is 2.69. The van der Waals surface area contributed by atoms with E-state index in [1.54, 1.807) is 18.7 Å². The first-order valence-electron chi connectivity index (χ1n) is 9.25. The minimum atomic E-state index is -0.969. The lowest BCUT2D eigenvalue weighted by molar-refractivity contribution is -0.683. The summed E-state index contributed by atoms with van der Waals surface area (Å²) in [6.07, 6.45) is 3.82. The zero-order valence-corrected chi connectivity index (χ0v) is 15.9. The Kier molecular flexibility index (Phi) is 4.43. The van der Waals surface area contributed by atoms with Crippen LogP contribution in [0.5, 0.6) is 0 Å². The minimum absolute atomic E-state index is 0.137. The van der Waals surface area contributed by atoms with Crippen LogP contribution in [0.25, 0.3) is 11.1 Å². The average molecular weight is 372 g/mol. The van der Waals surface area contributed by atoms with Gasteiger partial charge in [0.2, 0.25) is 12.5 Å². The van der Waals surface area contributed by atoms with E-state index >= 15 is 0 Å². The molecule has 0 fully saturated rings. The number of rotatable bonds is 3. The Morgan fingerprint density at radius 2 is 1.64 bits per heavy atom. The number of hydrogen-bond acceptors (Lipinski definition) is 2. The maximum Gasteiger partial charge on any atom is 0.293 e. The van der Waals surface area contributed by atoms with Gasteiger partial charge in [-0.25, -0.2) is 0 Å². The van der Waals surface area contributed by atoms with Crippen LogP contribution in [-0.2, 0) is 16.1 Å². The summed E-state index contributed by atoms with van der Waals surface area (Å²) >= 11 is 0. The number of nitrogens with one attached hydrogen (secondary N) is 1. The highest BCUT2D eigenvalue weighted by Crippen LogP contribution is 2.36. The van der Waals surface area contributed by atoms with Crippen molar-refractivity contribution < 1.29 is 14.2 Å². The predicted molar refractivity (Wildman–Crippen MR) is 109 cm³/mol. The van der Waals surface area contributed by atoms with Gasteiger partial charge in [-0.3, -0.25) is 14.5 Å². The van der Waals surface area contributed by atoms with Crippen molar-refractivity contribution in [2.75, 3.05) is 10.2 Å². The van der Waals surface area contributed by atoms with Crippen LogP contribution < -0.4 is 14.8 Å².